The van der Waals surface area contributed by atoms with Crippen molar-refractivity contribution in [1.29, 1.82) is 0 Å². The Hall–Kier alpha value is 1.66. The molecule has 0 aliphatic heterocycles. The molecule has 19 heavy (non-hydrogen) atoms. The second kappa shape index (κ2) is 19.7. The summed E-state index contributed by atoms with van der Waals surface area (Å²) in [7, 11) is -10.8. The summed E-state index contributed by atoms with van der Waals surface area (Å²) in [5, 5.41) is 24.0. The van der Waals surface area contributed by atoms with Gasteiger partial charge in [-0.15, -0.1) is 0 Å². The summed E-state index contributed by atoms with van der Waals surface area (Å²) in [6.45, 7) is -0.729. The van der Waals surface area contributed by atoms with E-state index in [4.69, 9.17) is 53.8 Å². The molecule has 0 rings (SSSR count). The van der Waals surface area contributed by atoms with Crippen LogP contribution in [0, 0.1) is 0 Å². The van der Waals surface area contributed by atoms with Gasteiger partial charge >= 0.3 is 51.2 Å². The SMILES string of the molecule is O=P([O-])([O-])[O-].O=P([O-])([O-])[O-].OCC(O)CO.[Cu+2].[Cu+2].[Cu+2]. The van der Waals surface area contributed by atoms with Crippen molar-refractivity contribution in [3.05, 3.63) is 0 Å². The zero-order chi connectivity index (χ0) is 14.0. The molecule has 0 atom stereocenters. The number of hydrogen-bond donors (Lipinski definition) is 3. The molecule has 0 spiro atoms. The molecule has 11 nitrogen and oxygen atoms in total. The Kier molecular flexibility index (Phi) is 38.4. The quantitative estimate of drug-likeness (QED) is 0.252. The first-order valence-corrected chi connectivity index (χ1v) is 6.09. The molecule has 0 heterocycles. The summed E-state index contributed by atoms with van der Waals surface area (Å²) >= 11 is 0. The summed E-state index contributed by atoms with van der Waals surface area (Å²) in [6.07, 6.45) is -0.954. The molecule has 0 fully saturated rings. The minimum atomic E-state index is -5.39. The Labute approximate surface area is 140 Å². The Morgan fingerprint density at radius 3 is 0.842 bits per heavy atom. The van der Waals surface area contributed by atoms with E-state index in [-0.39, 0.29) is 64.4 Å². The second-order valence-corrected chi connectivity index (χ2v) is 3.70. The van der Waals surface area contributed by atoms with Gasteiger partial charge in [0.1, 0.15) is 6.10 Å². The first-order chi connectivity index (χ1) is 6.81. The third-order valence-corrected chi connectivity index (χ3v) is 0.421. The van der Waals surface area contributed by atoms with Gasteiger partial charge in [-0.3, -0.25) is 0 Å². The summed E-state index contributed by atoms with van der Waals surface area (Å²) in [5.74, 6) is 0. The van der Waals surface area contributed by atoms with Crippen LogP contribution in [-0.4, -0.2) is 34.6 Å². The van der Waals surface area contributed by atoms with Gasteiger partial charge in [0.15, 0.2) is 0 Å². The predicted molar refractivity (Wildman–Crippen MR) is 35.4 cm³/mol. The van der Waals surface area contributed by atoms with E-state index in [2.05, 4.69) is 0 Å². The van der Waals surface area contributed by atoms with Gasteiger partial charge in [-0.1, -0.05) is 0 Å². The smallest absolute Gasteiger partial charge is 0.822 e. The van der Waals surface area contributed by atoms with Gasteiger partial charge in [0.25, 0.3) is 0 Å². The van der Waals surface area contributed by atoms with Gasteiger partial charge in [-0.05, 0) is 0 Å². The number of aliphatic hydroxyl groups excluding tert-OH is 3. The molecule has 0 aromatic rings. The number of phosphoric acid groups is 2. The van der Waals surface area contributed by atoms with Crippen LogP contribution in [0.2, 0.25) is 0 Å². The van der Waals surface area contributed by atoms with Crippen LogP contribution in [0.1, 0.15) is 0 Å². The molecule has 3 N–H and O–H groups in total. The molecule has 0 saturated heterocycles. The van der Waals surface area contributed by atoms with E-state index in [0.29, 0.717) is 0 Å². The van der Waals surface area contributed by atoms with Gasteiger partial charge in [0.2, 0.25) is 0 Å². The van der Waals surface area contributed by atoms with E-state index in [1.807, 2.05) is 0 Å². The monoisotopic (exact) mass is 471 g/mol. The van der Waals surface area contributed by atoms with Crippen LogP contribution < -0.4 is 29.4 Å². The van der Waals surface area contributed by atoms with E-state index in [1.165, 1.54) is 0 Å². The van der Waals surface area contributed by atoms with Crippen LogP contribution in [0.15, 0.2) is 0 Å². The van der Waals surface area contributed by atoms with Crippen LogP contribution in [-0.2, 0) is 60.3 Å². The molecular weight excluding hydrogens is 465 g/mol. The molecule has 0 aliphatic carbocycles. The van der Waals surface area contributed by atoms with Gasteiger partial charge in [0.05, 0.1) is 13.2 Å². The van der Waals surface area contributed by atoms with E-state index in [9.17, 15) is 0 Å². The van der Waals surface area contributed by atoms with Gasteiger partial charge in [-0.25, -0.2) is 0 Å². The fourth-order valence-corrected chi connectivity index (χ4v) is 0.0577. The van der Waals surface area contributed by atoms with Crippen molar-refractivity contribution < 1.29 is 105 Å². The topological polar surface area (TPSA) is 233 Å². The van der Waals surface area contributed by atoms with E-state index in [0.717, 1.165) is 0 Å². The van der Waals surface area contributed by atoms with Crippen LogP contribution >= 0.6 is 15.6 Å². The van der Waals surface area contributed by atoms with Gasteiger partial charge in [-0.2, -0.15) is 15.6 Å². The van der Waals surface area contributed by atoms with Crippen LogP contribution in [0.25, 0.3) is 0 Å². The number of hydrogen-bond acceptors (Lipinski definition) is 11. The average molecular weight is 473 g/mol. The van der Waals surface area contributed by atoms with Crippen molar-refractivity contribution in [2.45, 2.75) is 6.10 Å². The molecule has 0 aromatic heterocycles. The zero-order valence-corrected chi connectivity index (χ0v) is 13.0. The summed E-state index contributed by atoms with van der Waals surface area (Å²) < 4.78 is 17.1. The third kappa shape index (κ3) is 191. The molecule has 3 radical (unpaired) electrons. The molecule has 0 saturated carbocycles. The van der Waals surface area contributed by atoms with Crippen molar-refractivity contribution in [3.8, 4) is 0 Å². The predicted octanol–water partition coefficient (Wildman–Crippen LogP) is -7.32. The number of rotatable bonds is 2. The standard InChI is InChI=1S/C3H8O3.3Cu.2H3O4P/c4-1-3(6)2-5;;;;2*1-5(2,3)4/h3-6H,1-2H2;;;;2*(H3,1,2,3,4)/q;3*+2;;/p-6. The number of aliphatic hydroxyl groups is 3. The molecule has 0 amide bonds. The van der Waals surface area contributed by atoms with E-state index < -0.39 is 21.7 Å². The first kappa shape index (κ1) is 37.2. The zero-order valence-electron chi connectivity index (χ0n) is 8.40. The fraction of sp³-hybridized carbons (Fsp3) is 1.00. The normalized spacial score (nSPS) is 9.37. The van der Waals surface area contributed by atoms with Crippen molar-refractivity contribution in [2.75, 3.05) is 13.2 Å². The Morgan fingerprint density at radius 2 is 0.842 bits per heavy atom. The largest absolute Gasteiger partial charge is 2.00 e. The Bertz CT molecular complexity index is 199. The Balaban J connectivity index is -0.0000000311. The van der Waals surface area contributed by atoms with Crippen LogP contribution in [0.3, 0.4) is 0 Å². The summed E-state index contributed by atoms with van der Waals surface area (Å²) in [5.41, 5.74) is 0. The summed E-state index contributed by atoms with van der Waals surface area (Å²) in [4.78, 5) is 51.3. The molecule has 0 unspecified atom stereocenters. The molecule has 129 valence electrons. The third-order valence-electron chi connectivity index (χ3n) is 0.421. The minimum Gasteiger partial charge on any atom is -0.822 e. The molecule has 0 aromatic carbocycles. The maximum Gasteiger partial charge on any atom is 2.00 e. The molecular formula is C3H8Cu3O11P2. The van der Waals surface area contributed by atoms with E-state index in [1.54, 1.807) is 0 Å². The molecule has 0 bridgehead atoms. The van der Waals surface area contributed by atoms with Crippen molar-refractivity contribution in [1.82, 2.24) is 0 Å². The van der Waals surface area contributed by atoms with Gasteiger partial charge < -0.3 is 53.8 Å². The second-order valence-electron chi connectivity index (χ2n) is 1.91. The van der Waals surface area contributed by atoms with E-state index >= 15 is 0 Å². The van der Waals surface area contributed by atoms with Crippen molar-refractivity contribution >= 4 is 15.6 Å². The molecule has 16 heteroatoms. The van der Waals surface area contributed by atoms with Crippen molar-refractivity contribution in [2.24, 2.45) is 0 Å². The van der Waals surface area contributed by atoms with Crippen LogP contribution in [0.5, 0.6) is 0 Å². The molecule has 0 aliphatic rings. The maximum absolute atomic E-state index is 8.55. The fourth-order valence-electron chi connectivity index (χ4n) is 0.0577. The summed E-state index contributed by atoms with van der Waals surface area (Å²) in [6, 6.07) is 0. The average Bonchev–Trinajstić information content (AvgIpc) is 1.96. The van der Waals surface area contributed by atoms with Gasteiger partial charge in [0, 0.05) is 0 Å². The maximum atomic E-state index is 8.55. The Morgan fingerprint density at radius 1 is 0.737 bits per heavy atom. The minimum absolute atomic E-state index is 0. The van der Waals surface area contributed by atoms with Crippen molar-refractivity contribution in [3.63, 3.8) is 0 Å². The van der Waals surface area contributed by atoms with Crippen LogP contribution in [0.4, 0.5) is 0 Å². The first-order valence-electron chi connectivity index (χ1n) is 3.17.